The molecule has 1 heterocycles. The van der Waals surface area contributed by atoms with Gasteiger partial charge in [0.25, 0.3) is 5.91 Å². The summed E-state index contributed by atoms with van der Waals surface area (Å²) in [5, 5.41) is 0. The van der Waals surface area contributed by atoms with Gasteiger partial charge in [0.1, 0.15) is 0 Å². The van der Waals surface area contributed by atoms with Crippen molar-refractivity contribution in [1.29, 1.82) is 0 Å². The summed E-state index contributed by atoms with van der Waals surface area (Å²) in [6.07, 6.45) is -4.47. The minimum absolute atomic E-state index is 0. The zero-order chi connectivity index (χ0) is 17.3. The number of hydrogen-bond donors (Lipinski definition) is 1. The first-order valence-corrected chi connectivity index (χ1v) is 7.63. The maximum absolute atomic E-state index is 12.8. The molecule has 2 atom stereocenters. The van der Waals surface area contributed by atoms with Crippen molar-refractivity contribution in [3.63, 3.8) is 0 Å². The number of benzene rings is 2. The van der Waals surface area contributed by atoms with E-state index in [9.17, 15) is 18.0 Å². The van der Waals surface area contributed by atoms with E-state index >= 15 is 0 Å². The van der Waals surface area contributed by atoms with Crippen LogP contribution in [0, 0.1) is 0 Å². The van der Waals surface area contributed by atoms with Crippen LogP contribution in [0.5, 0.6) is 0 Å². The van der Waals surface area contributed by atoms with Gasteiger partial charge in [0.2, 0.25) is 0 Å². The number of likely N-dealkylation sites (tertiary alicyclic amines) is 1. The predicted octanol–water partition coefficient (Wildman–Crippen LogP) is 3.69. The molecule has 0 aliphatic carbocycles. The van der Waals surface area contributed by atoms with Gasteiger partial charge in [-0.1, -0.05) is 36.4 Å². The second kappa shape index (κ2) is 7.45. The van der Waals surface area contributed by atoms with Gasteiger partial charge in [0, 0.05) is 30.6 Å². The van der Waals surface area contributed by atoms with Gasteiger partial charge in [-0.2, -0.15) is 13.2 Å². The maximum Gasteiger partial charge on any atom is 0.416 e. The van der Waals surface area contributed by atoms with Crippen molar-refractivity contribution in [3.8, 4) is 0 Å². The van der Waals surface area contributed by atoms with E-state index in [1.54, 1.807) is 0 Å². The molecule has 1 saturated heterocycles. The van der Waals surface area contributed by atoms with Crippen molar-refractivity contribution in [2.45, 2.75) is 18.1 Å². The number of halogens is 4. The normalized spacial score (nSPS) is 20.2. The molecule has 0 aromatic heterocycles. The van der Waals surface area contributed by atoms with Crippen LogP contribution in [0.2, 0.25) is 0 Å². The molecule has 0 saturated carbocycles. The number of nitrogens with two attached hydrogens (primary N) is 1. The van der Waals surface area contributed by atoms with Crippen LogP contribution in [-0.4, -0.2) is 29.9 Å². The van der Waals surface area contributed by atoms with Crippen LogP contribution >= 0.6 is 12.4 Å². The molecule has 0 unspecified atom stereocenters. The summed E-state index contributed by atoms with van der Waals surface area (Å²) in [7, 11) is 0. The minimum atomic E-state index is -4.47. The van der Waals surface area contributed by atoms with Crippen LogP contribution in [0.3, 0.4) is 0 Å². The highest BCUT2D eigenvalue weighted by atomic mass is 35.5. The quantitative estimate of drug-likeness (QED) is 0.876. The number of amides is 1. The topological polar surface area (TPSA) is 46.3 Å². The molecular weight excluding hydrogens is 353 g/mol. The first kappa shape index (κ1) is 19.3. The van der Waals surface area contributed by atoms with Crippen molar-refractivity contribution >= 4 is 18.3 Å². The lowest BCUT2D eigenvalue weighted by Gasteiger charge is -2.17. The zero-order valence-corrected chi connectivity index (χ0v) is 14.1. The van der Waals surface area contributed by atoms with Gasteiger partial charge in [0.05, 0.1) is 5.56 Å². The third-order valence-corrected chi connectivity index (χ3v) is 4.32. The van der Waals surface area contributed by atoms with Crippen molar-refractivity contribution < 1.29 is 18.0 Å². The van der Waals surface area contributed by atoms with Gasteiger partial charge in [-0.25, -0.2) is 0 Å². The average Bonchev–Trinajstić information content (AvgIpc) is 2.96. The average molecular weight is 371 g/mol. The van der Waals surface area contributed by atoms with E-state index < -0.39 is 17.6 Å². The van der Waals surface area contributed by atoms with Gasteiger partial charge < -0.3 is 10.6 Å². The number of hydrogen-bond acceptors (Lipinski definition) is 2. The summed E-state index contributed by atoms with van der Waals surface area (Å²) < 4.78 is 38.4. The zero-order valence-electron chi connectivity index (χ0n) is 13.2. The number of nitrogens with zero attached hydrogens (tertiary/aromatic N) is 1. The predicted molar refractivity (Wildman–Crippen MR) is 91.8 cm³/mol. The summed E-state index contributed by atoms with van der Waals surface area (Å²) >= 11 is 0. The van der Waals surface area contributed by atoms with E-state index in [1.807, 2.05) is 30.3 Å². The van der Waals surface area contributed by atoms with Crippen LogP contribution in [0.15, 0.2) is 54.6 Å². The fourth-order valence-electron chi connectivity index (χ4n) is 3.06. The summed E-state index contributed by atoms with van der Waals surface area (Å²) in [6.45, 7) is 0.731. The SMILES string of the molecule is Cl.N[C@@H]1CN(C(=O)c2cccc(C(F)(F)F)c2)C[C@H]1c1ccccc1. The Morgan fingerprint density at radius 3 is 2.36 bits per heavy atom. The molecule has 3 rings (SSSR count). The molecule has 3 nitrogen and oxygen atoms in total. The Morgan fingerprint density at radius 1 is 1.04 bits per heavy atom. The highest BCUT2D eigenvalue weighted by Gasteiger charge is 2.35. The minimum Gasteiger partial charge on any atom is -0.336 e. The number of rotatable bonds is 2. The van der Waals surface area contributed by atoms with Crippen molar-refractivity contribution in [2.75, 3.05) is 13.1 Å². The third kappa shape index (κ3) is 4.14. The summed E-state index contributed by atoms with van der Waals surface area (Å²) in [5.74, 6) is -0.434. The highest BCUT2D eigenvalue weighted by molar-refractivity contribution is 5.94. The molecule has 1 fully saturated rings. The Kier molecular flexibility index (Phi) is 5.75. The molecule has 2 aromatic rings. The first-order chi connectivity index (χ1) is 11.4. The molecule has 0 radical (unpaired) electrons. The Morgan fingerprint density at radius 2 is 1.72 bits per heavy atom. The molecule has 1 aliphatic rings. The van der Waals surface area contributed by atoms with Gasteiger partial charge in [0.15, 0.2) is 0 Å². The molecule has 2 aromatic carbocycles. The van der Waals surface area contributed by atoms with Crippen LogP contribution in [0.4, 0.5) is 13.2 Å². The second-order valence-corrected chi connectivity index (χ2v) is 5.97. The van der Waals surface area contributed by atoms with Crippen LogP contribution in [0.1, 0.15) is 27.4 Å². The van der Waals surface area contributed by atoms with Crippen molar-refractivity contribution in [2.24, 2.45) is 5.73 Å². The fourth-order valence-corrected chi connectivity index (χ4v) is 3.06. The van der Waals surface area contributed by atoms with E-state index in [4.69, 9.17) is 5.73 Å². The Balaban J connectivity index is 0.00000225. The molecular formula is C18H18ClF3N2O. The Labute approximate surface area is 150 Å². The van der Waals surface area contributed by atoms with Gasteiger partial charge in [-0.15, -0.1) is 12.4 Å². The van der Waals surface area contributed by atoms with E-state index in [2.05, 4.69) is 0 Å². The summed E-state index contributed by atoms with van der Waals surface area (Å²) in [4.78, 5) is 14.1. The van der Waals surface area contributed by atoms with Gasteiger partial charge in [-0.05, 0) is 23.8 Å². The lowest BCUT2D eigenvalue weighted by molar-refractivity contribution is -0.137. The lowest BCUT2D eigenvalue weighted by Crippen LogP contribution is -2.32. The smallest absolute Gasteiger partial charge is 0.336 e. The van der Waals surface area contributed by atoms with E-state index in [0.29, 0.717) is 13.1 Å². The van der Waals surface area contributed by atoms with E-state index in [1.165, 1.54) is 17.0 Å². The third-order valence-electron chi connectivity index (χ3n) is 4.32. The molecule has 7 heteroatoms. The van der Waals surface area contributed by atoms with Gasteiger partial charge in [-0.3, -0.25) is 4.79 Å². The molecule has 2 N–H and O–H groups in total. The van der Waals surface area contributed by atoms with Crippen LogP contribution < -0.4 is 5.73 Å². The Bertz CT molecular complexity index is 737. The molecule has 1 aliphatic heterocycles. The number of alkyl halides is 3. The standard InChI is InChI=1S/C18H17F3N2O.ClH/c19-18(20,21)14-8-4-7-13(9-14)17(24)23-10-15(16(22)11-23)12-5-2-1-3-6-12;/h1-9,15-16H,10-11,22H2;1H/t15-,16+;/m0./s1. The van der Waals surface area contributed by atoms with E-state index in [0.717, 1.165) is 17.7 Å². The molecule has 1 amide bonds. The van der Waals surface area contributed by atoms with Crippen molar-refractivity contribution in [3.05, 3.63) is 71.3 Å². The first-order valence-electron chi connectivity index (χ1n) is 7.63. The fraction of sp³-hybridized carbons (Fsp3) is 0.278. The van der Waals surface area contributed by atoms with Gasteiger partial charge >= 0.3 is 6.18 Å². The Hall–Kier alpha value is -2.05. The highest BCUT2D eigenvalue weighted by Crippen LogP contribution is 2.31. The number of carbonyl (C=O) groups excluding carboxylic acids is 1. The summed E-state index contributed by atoms with van der Waals surface area (Å²) in [6, 6.07) is 13.9. The second-order valence-electron chi connectivity index (χ2n) is 5.97. The molecule has 134 valence electrons. The lowest BCUT2D eigenvalue weighted by atomic mass is 9.95. The number of carbonyl (C=O) groups is 1. The largest absolute Gasteiger partial charge is 0.416 e. The van der Waals surface area contributed by atoms with Crippen LogP contribution in [-0.2, 0) is 6.18 Å². The summed E-state index contributed by atoms with van der Waals surface area (Å²) in [5.41, 5.74) is 6.38. The van der Waals surface area contributed by atoms with Crippen molar-refractivity contribution in [1.82, 2.24) is 4.90 Å². The monoisotopic (exact) mass is 370 g/mol. The van der Waals surface area contributed by atoms with E-state index in [-0.39, 0.29) is 29.9 Å². The molecule has 25 heavy (non-hydrogen) atoms. The molecule has 0 bridgehead atoms. The molecule has 0 spiro atoms. The maximum atomic E-state index is 12.8. The van der Waals surface area contributed by atoms with Crippen LogP contribution in [0.25, 0.3) is 0 Å².